The van der Waals surface area contributed by atoms with E-state index in [1.165, 1.54) is 39.2 Å². The first-order valence-corrected chi connectivity index (χ1v) is 8.37. The molecule has 122 valence electrons. The van der Waals surface area contributed by atoms with E-state index in [2.05, 4.69) is 10.2 Å². The second-order valence-electron chi connectivity index (χ2n) is 6.56. The molecule has 2 atom stereocenters. The number of carbonyl (C=O) groups excluding carboxylic acids is 1. The van der Waals surface area contributed by atoms with Crippen molar-refractivity contribution >= 4 is 5.97 Å². The Balaban J connectivity index is 1.87. The molecule has 2 rings (SSSR count). The van der Waals surface area contributed by atoms with Gasteiger partial charge in [-0.2, -0.15) is 0 Å². The van der Waals surface area contributed by atoms with Crippen molar-refractivity contribution in [3.05, 3.63) is 0 Å². The monoisotopic (exact) mass is 298 g/mol. The first-order valence-electron chi connectivity index (χ1n) is 8.37. The highest BCUT2D eigenvalue weighted by Crippen LogP contribution is 2.23. The van der Waals surface area contributed by atoms with Gasteiger partial charge in [-0.05, 0) is 25.2 Å². The summed E-state index contributed by atoms with van der Waals surface area (Å²) in [6, 6.07) is 1.07. The molecule has 1 saturated heterocycles. The Hall–Kier alpha value is -0.650. The van der Waals surface area contributed by atoms with E-state index in [1.54, 1.807) is 0 Å². The summed E-state index contributed by atoms with van der Waals surface area (Å²) in [5.74, 6) is 0.209. The van der Waals surface area contributed by atoms with Crippen molar-refractivity contribution in [2.24, 2.45) is 5.92 Å². The molecule has 0 bridgehead atoms. The number of ether oxygens (including phenoxy) is 1. The van der Waals surface area contributed by atoms with Crippen molar-refractivity contribution in [3.8, 4) is 0 Å². The number of β-amino-alcohol motifs (C(OH)–C–C–N with tert-alkyl or cyclic N) is 1. The van der Waals surface area contributed by atoms with Gasteiger partial charge in [0.15, 0.2) is 0 Å². The van der Waals surface area contributed by atoms with Gasteiger partial charge in [0.1, 0.15) is 0 Å². The van der Waals surface area contributed by atoms with Crippen LogP contribution in [0.25, 0.3) is 0 Å². The number of esters is 1. The van der Waals surface area contributed by atoms with Gasteiger partial charge < -0.3 is 15.2 Å². The molecular formula is C16H30N2O3. The van der Waals surface area contributed by atoms with Crippen molar-refractivity contribution in [2.45, 2.75) is 57.0 Å². The van der Waals surface area contributed by atoms with Crippen LogP contribution in [0.2, 0.25) is 0 Å². The van der Waals surface area contributed by atoms with E-state index in [0.717, 1.165) is 19.5 Å². The second kappa shape index (κ2) is 8.71. The van der Waals surface area contributed by atoms with E-state index in [0.29, 0.717) is 31.0 Å². The molecule has 1 aliphatic heterocycles. The van der Waals surface area contributed by atoms with Crippen LogP contribution in [-0.2, 0) is 9.53 Å². The summed E-state index contributed by atoms with van der Waals surface area (Å²) in [5.41, 5.74) is 0. The number of carbonyl (C=O) groups is 1. The second-order valence-corrected chi connectivity index (χ2v) is 6.56. The van der Waals surface area contributed by atoms with Crippen molar-refractivity contribution in [2.75, 3.05) is 33.4 Å². The molecule has 0 aromatic carbocycles. The Kier molecular flexibility index (Phi) is 6.93. The Morgan fingerprint density at radius 2 is 2.00 bits per heavy atom. The van der Waals surface area contributed by atoms with Crippen molar-refractivity contribution in [1.82, 2.24) is 10.2 Å². The Bertz CT molecular complexity index is 319. The maximum absolute atomic E-state index is 11.5. The number of nitrogens with zero attached hydrogens (tertiary/aromatic N) is 1. The first kappa shape index (κ1) is 16.7. The van der Waals surface area contributed by atoms with Gasteiger partial charge in [0.2, 0.25) is 0 Å². The normalized spacial score (nSPS) is 28.5. The number of nitrogens with one attached hydrogen (secondary N) is 1. The van der Waals surface area contributed by atoms with Gasteiger partial charge in [-0.1, -0.05) is 19.3 Å². The minimum atomic E-state index is -0.123. The molecule has 0 amide bonds. The number of hydrogen-bond acceptors (Lipinski definition) is 5. The highest BCUT2D eigenvalue weighted by Gasteiger charge is 2.30. The zero-order chi connectivity index (χ0) is 15.1. The zero-order valence-electron chi connectivity index (χ0n) is 13.2. The van der Waals surface area contributed by atoms with Crippen LogP contribution in [0.3, 0.4) is 0 Å². The molecule has 2 N–H and O–H groups in total. The molecule has 21 heavy (non-hydrogen) atoms. The quantitative estimate of drug-likeness (QED) is 0.721. The van der Waals surface area contributed by atoms with Crippen LogP contribution < -0.4 is 5.32 Å². The van der Waals surface area contributed by atoms with Crippen molar-refractivity contribution < 1.29 is 14.6 Å². The highest BCUT2D eigenvalue weighted by molar-refractivity contribution is 5.69. The van der Waals surface area contributed by atoms with E-state index in [4.69, 9.17) is 4.74 Å². The number of methoxy groups -OCH3 is 1. The molecule has 2 aliphatic rings. The standard InChI is InChI=1S/C16H30N2O3/c1-21-16(20)10-13-9-15(12-18(11-13)7-8-19)17-14-5-3-2-4-6-14/h13-15,17,19H,2-12H2,1H3. The molecule has 2 fully saturated rings. The summed E-state index contributed by atoms with van der Waals surface area (Å²) in [6.07, 6.45) is 8.10. The van der Waals surface area contributed by atoms with E-state index in [9.17, 15) is 9.90 Å². The molecule has 1 saturated carbocycles. The summed E-state index contributed by atoms with van der Waals surface area (Å²) in [5, 5.41) is 13.0. The number of likely N-dealkylation sites (tertiary alicyclic amines) is 1. The van der Waals surface area contributed by atoms with Crippen LogP contribution in [0.15, 0.2) is 0 Å². The van der Waals surface area contributed by atoms with Crippen molar-refractivity contribution in [3.63, 3.8) is 0 Å². The number of hydrogen-bond donors (Lipinski definition) is 2. The molecule has 0 radical (unpaired) electrons. The van der Waals surface area contributed by atoms with Gasteiger partial charge >= 0.3 is 5.97 Å². The molecule has 5 nitrogen and oxygen atoms in total. The highest BCUT2D eigenvalue weighted by atomic mass is 16.5. The first-order chi connectivity index (χ1) is 10.2. The maximum atomic E-state index is 11.5. The summed E-state index contributed by atoms with van der Waals surface area (Å²) in [4.78, 5) is 13.8. The summed E-state index contributed by atoms with van der Waals surface area (Å²) in [6.45, 7) is 2.74. The molecular weight excluding hydrogens is 268 g/mol. The predicted molar refractivity (Wildman–Crippen MR) is 82.1 cm³/mol. The lowest BCUT2D eigenvalue weighted by Crippen LogP contribution is -2.53. The lowest BCUT2D eigenvalue weighted by atomic mass is 9.89. The van der Waals surface area contributed by atoms with Crippen LogP contribution in [0.1, 0.15) is 44.9 Å². The Labute approximate surface area is 128 Å². The van der Waals surface area contributed by atoms with Gasteiger partial charge in [-0.3, -0.25) is 9.69 Å². The van der Waals surface area contributed by atoms with Gasteiger partial charge in [0, 0.05) is 38.1 Å². The van der Waals surface area contributed by atoms with Crippen LogP contribution in [0.4, 0.5) is 0 Å². The third-order valence-electron chi connectivity index (χ3n) is 4.79. The van der Waals surface area contributed by atoms with Crippen molar-refractivity contribution in [1.29, 1.82) is 0 Å². The average Bonchev–Trinajstić information content (AvgIpc) is 2.48. The minimum Gasteiger partial charge on any atom is -0.469 e. The van der Waals surface area contributed by atoms with Gasteiger partial charge in [-0.25, -0.2) is 0 Å². The summed E-state index contributed by atoms with van der Waals surface area (Å²) >= 11 is 0. The summed E-state index contributed by atoms with van der Waals surface area (Å²) in [7, 11) is 1.45. The van der Waals surface area contributed by atoms with Gasteiger partial charge in [-0.15, -0.1) is 0 Å². The molecule has 1 heterocycles. The number of rotatable bonds is 6. The number of aliphatic hydroxyl groups is 1. The smallest absolute Gasteiger partial charge is 0.305 e. The van der Waals surface area contributed by atoms with Crippen LogP contribution in [0, 0.1) is 5.92 Å². The fourth-order valence-corrected chi connectivity index (χ4v) is 3.82. The molecule has 0 aromatic heterocycles. The fourth-order valence-electron chi connectivity index (χ4n) is 3.82. The lowest BCUT2D eigenvalue weighted by Gasteiger charge is -2.39. The molecule has 1 aliphatic carbocycles. The number of piperidine rings is 1. The average molecular weight is 298 g/mol. The largest absolute Gasteiger partial charge is 0.469 e. The molecule has 2 unspecified atom stereocenters. The molecule has 5 heteroatoms. The van der Waals surface area contributed by atoms with Crippen LogP contribution in [0.5, 0.6) is 0 Å². The van der Waals surface area contributed by atoms with Gasteiger partial charge in [0.25, 0.3) is 0 Å². The topological polar surface area (TPSA) is 61.8 Å². The van der Waals surface area contributed by atoms with E-state index in [-0.39, 0.29) is 12.6 Å². The third kappa shape index (κ3) is 5.57. The van der Waals surface area contributed by atoms with E-state index < -0.39 is 0 Å². The lowest BCUT2D eigenvalue weighted by molar-refractivity contribution is -0.142. The Morgan fingerprint density at radius 1 is 1.24 bits per heavy atom. The minimum absolute atomic E-state index is 0.123. The number of aliphatic hydroxyl groups excluding tert-OH is 1. The Morgan fingerprint density at radius 3 is 2.67 bits per heavy atom. The maximum Gasteiger partial charge on any atom is 0.305 e. The van der Waals surface area contributed by atoms with Crippen LogP contribution >= 0.6 is 0 Å². The zero-order valence-corrected chi connectivity index (χ0v) is 13.2. The third-order valence-corrected chi connectivity index (χ3v) is 4.79. The summed E-state index contributed by atoms with van der Waals surface area (Å²) < 4.78 is 4.81. The van der Waals surface area contributed by atoms with E-state index in [1.807, 2.05) is 0 Å². The molecule has 0 aromatic rings. The van der Waals surface area contributed by atoms with Gasteiger partial charge in [0.05, 0.1) is 13.7 Å². The van der Waals surface area contributed by atoms with E-state index >= 15 is 0 Å². The fraction of sp³-hybridized carbons (Fsp3) is 0.938. The molecule has 0 spiro atoms. The predicted octanol–water partition coefficient (Wildman–Crippen LogP) is 1.15. The van der Waals surface area contributed by atoms with Crippen LogP contribution in [-0.4, -0.2) is 61.4 Å². The SMILES string of the molecule is COC(=O)CC1CC(NC2CCCCC2)CN(CCO)C1.